The van der Waals surface area contributed by atoms with Crippen molar-refractivity contribution in [2.45, 2.75) is 75.7 Å². The van der Waals surface area contributed by atoms with Crippen LogP contribution < -0.4 is 15.0 Å². The van der Waals surface area contributed by atoms with Crippen molar-refractivity contribution in [1.82, 2.24) is 20.4 Å². The van der Waals surface area contributed by atoms with E-state index in [9.17, 15) is 9.90 Å². The fourth-order valence-corrected chi connectivity index (χ4v) is 6.09. The van der Waals surface area contributed by atoms with Crippen LogP contribution in [0.4, 0.5) is 5.82 Å². The van der Waals surface area contributed by atoms with Crippen LogP contribution in [0.2, 0.25) is 5.02 Å². The van der Waals surface area contributed by atoms with E-state index in [1.807, 2.05) is 12.1 Å². The van der Waals surface area contributed by atoms with Gasteiger partial charge in [0.1, 0.15) is 11.8 Å². The van der Waals surface area contributed by atoms with Crippen LogP contribution in [0.25, 0.3) is 0 Å². The maximum Gasteiger partial charge on any atom is 0.272 e. The number of rotatable bonds is 9. The second-order valence-electron chi connectivity index (χ2n) is 11.2. The van der Waals surface area contributed by atoms with Gasteiger partial charge in [-0.25, -0.2) is 0 Å². The number of nitriles is 1. The van der Waals surface area contributed by atoms with Gasteiger partial charge in [0, 0.05) is 44.8 Å². The molecule has 2 heterocycles. The molecule has 220 valence electrons. The minimum Gasteiger partial charge on any atom is -0.490 e. The molecule has 1 amide bonds. The summed E-state index contributed by atoms with van der Waals surface area (Å²) in [6.07, 6.45) is 7.02. The second-order valence-corrected chi connectivity index (χ2v) is 11.6. The van der Waals surface area contributed by atoms with Gasteiger partial charge in [0.25, 0.3) is 5.91 Å². The Morgan fingerprint density at radius 1 is 1.05 bits per heavy atom. The molecule has 2 aliphatic carbocycles. The molecule has 5 rings (SSSR count). The maximum absolute atomic E-state index is 12.8. The van der Waals surface area contributed by atoms with Crippen molar-refractivity contribution in [3.8, 4) is 11.8 Å². The van der Waals surface area contributed by atoms with Crippen molar-refractivity contribution in [3.63, 3.8) is 0 Å². The first-order valence-electron chi connectivity index (χ1n) is 14.7. The summed E-state index contributed by atoms with van der Waals surface area (Å²) < 4.78 is 12.1. The molecular formula is C30H39ClN6O4. The van der Waals surface area contributed by atoms with E-state index >= 15 is 0 Å². The van der Waals surface area contributed by atoms with Gasteiger partial charge in [-0.2, -0.15) is 5.26 Å². The Kier molecular flexibility index (Phi) is 10.3. The maximum atomic E-state index is 12.8. The van der Waals surface area contributed by atoms with Gasteiger partial charge in [-0.3, -0.25) is 9.69 Å². The normalized spacial score (nSPS) is 25.3. The number of halogens is 1. The number of carbonyl (C=O) groups is 1. The lowest BCUT2D eigenvalue weighted by atomic mass is 9.93. The smallest absolute Gasteiger partial charge is 0.272 e. The molecule has 0 spiro atoms. The van der Waals surface area contributed by atoms with E-state index in [0.29, 0.717) is 28.6 Å². The molecule has 2 aromatic rings. The van der Waals surface area contributed by atoms with Gasteiger partial charge in [-0.05, 0) is 75.6 Å². The average molecular weight is 583 g/mol. The van der Waals surface area contributed by atoms with Crippen LogP contribution in [-0.4, -0.2) is 89.8 Å². The molecular weight excluding hydrogens is 544 g/mol. The van der Waals surface area contributed by atoms with Crippen molar-refractivity contribution in [2.24, 2.45) is 0 Å². The fourth-order valence-electron chi connectivity index (χ4n) is 5.87. The zero-order valence-corrected chi connectivity index (χ0v) is 24.1. The highest BCUT2D eigenvalue weighted by Crippen LogP contribution is 2.27. The van der Waals surface area contributed by atoms with E-state index in [1.54, 1.807) is 24.3 Å². The minimum absolute atomic E-state index is 0.0464. The van der Waals surface area contributed by atoms with Crippen LogP contribution >= 0.6 is 11.6 Å². The lowest BCUT2D eigenvalue weighted by Gasteiger charge is -2.35. The Balaban J connectivity index is 1.00. The van der Waals surface area contributed by atoms with E-state index in [-0.39, 0.29) is 30.3 Å². The highest BCUT2D eigenvalue weighted by molar-refractivity contribution is 6.31. The van der Waals surface area contributed by atoms with E-state index in [0.717, 1.165) is 89.9 Å². The topological polar surface area (TPSA) is 124 Å². The molecule has 0 bridgehead atoms. The van der Waals surface area contributed by atoms with E-state index in [4.69, 9.17) is 26.3 Å². The number of aliphatic hydroxyl groups is 1. The van der Waals surface area contributed by atoms with Crippen LogP contribution in [0.5, 0.6) is 5.75 Å². The molecule has 1 aromatic heterocycles. The highest BCUT2D eigenvalue weighted by Gasteiger charge is 2.26. The molecule has 0 radical (unpaired) electrons. The summed E-state index contributed by atoms with van der Waals surface area (Å²) in [6.45, 7) is 5.13. The second kappa shape index (κ2) is 14.3. The van der Waals surface area contributed by atoms with Gasteiger partial charge in [-0.15, -0.1) is 10.2 Å². The van der Waals surface area contributed by atoms with Gasteiger partial charge >= 0.3 is 0 Å². The number of hydrogen-bond donors (Lipinski definition) is 2. The van der Waals surface area contributed by atoms with Gasteiger partial charge in [0.15, 0.2) is 11.5 Å². The molecule has 3 aliphatic rings. The quantitative estimate of drug-likeness (QED) is 0.456. The summed E-state index contributed by atoms with van der Waals surface area (Å²) in [5, 5.41) is 30.9. The zero-order valence-electron chi connectivity index (χ0n) is 23.4. The van der Waals surface area contributed by atoms with E-state index in [1.165, 1.54) is 0 Å². The predicted octanol–water partition coefficient (Wildman–Crippen LogP) is 3.56. The number of anilines is 1. The molecule has 1 saturated heterocycles. The van der Waals surface area contributed by atoms with Crippen molar-refractivity contribution in [1.29, 1.82) is 5.26 Å². The van der Waals surface area contributed by atoms with Gasteiger partial charge in [-0.1, -0.05) is 11.6 Å². The van der Waals surface area contributed by atoms with Crippen molar-refractivity contribution >= 4 is 23.3 Å². The van der Waals surface area contributed by atoms with E-state index in [2.05, 4.69) is 25.3 Å². The molecule has 1 unspecified atom stereocenters. The zero-order chi connectivity index (χ0) is 28.6. The lowest BCUT2D eigenvalue weighted by molar-refractivity contribution is -0.0213. The first-order valence-corrected chi connectivity index (χ1v) is 15.1. The molecule has 41 heavy (non-hydrogen) atoms. The summed E-state index contributed by atoms with van der Waals surface area (Å²) in [6, 6.07) is 10.8. The SMILES string of the molecule is N#Cc1ccc(OC2CCC(NC(=O)c3ccc(N4CCN(CCO[C@@H]5CCCC(O)C5)CC4)nn3)CC2)cc1Cl. The Bertz CT molecular complexity index is 1190. The number of piperazine rings is 1. The van der Waals surface area contributed by atoms with Crippen LogP contribution in [0.15, 0.2) is 30.3 Å². The summed E-state index contributed by atoms with van der Waals surface area (Å²) in [5.74, 6) is 1.24. The molecule has 2 atom stereocenters. The van der Waals surface area contributed by atoms with Crippen LogP contribution in [0, 0.1) is 11.3 Å². The molecule has 2 N–H and O–H groups in total. The number of nitrogens with zero attached hydrogens (tertiary/aromatic N) is 5. The largest absolute Gasteiger partial charge is 0.490 e. The third kappa shape index (κ3) is 8.29. The van der Waals surface area contributed by atoms with Crippen molar-refractivity contribution in [3.05, 3.63) is 46.6 Å². The van der Waals surface area contributed by atoms with Crippen LogP contribution in [0.3, 0.4) is 0 Å². The Morgan fingerprint density at radius 3 is 2.54 bits per heavy atom. The Labute approximate surface area is 246 Å². The molecule has 1 aliphatic heterocycles. The third-order valence-corrected chi connectivity index (χ3v) is 8.62. The van der Waals surface area contributed by atoms with Crippen molar-refractivity contribution in [2.75, 3.05) is 44.2 Å². The number of amides is 1. The number of aliphatic hydroxyl groups excluding tert-OH is 1. The number of benzene rings is 1. The number of ether oxygens (including phenoxy) is 2. The number of carbonyl (C=O) groups excluding carboxylic acids is 1. The molecule has 3 fully saturated rings. The summed E-state index contributed by atoms with van der Waals surface area (Å²) in [4.78, 5) is 17.4. The first kappa shape index (κ1) is 29.5. The molecule has 2 saturated carbocycles. The predicted molar refractivity (Wildman–Crippen MR) is 155 cm³/mol. The summed E-state index contributed by atoms with van der Waals surface area (Å²) in [7, 11) is 0. The van der Waals surface area contributed by atoms with Gasteiger partial charge in [0.05, 0.1) is 35.5 Å². The Morgan fingerprint density at radius 2 is 1.85 bits per heavy atom. The number of hydrogen-bond acceptors (Lipinski definition) is 9. The monoisotopic (exact) mass is 582 g/mol. The fraction of sp³-hybridized carbons (Fsp3) is 0.600. The minimum atomic E-state index is -0.209. The molecule has 10 nitrogen and oxygen atoms in total. The first-order chi connectivity index (χ1) is 20.0. The third-order valence-electron chi connectivity index (χ3n) is 8.31. The van der Waals surface area contributed by atoms with Gasteiger partial charge in [0.2, 0.25) is 0 Å². The molecule has 1 aromatic carbocycles. The lowest BCUT2D eigenvalue weighted by Crippen LogP contribution is -2.48. The molecule has 11 heteroatoms. The van der Waals surface area contributed by atoms with Crippen LogP contribution in [-0.2, 0) is 4.74 Å². The summed E-state index contributed by atoms with van der Waals surface area (Å²) >= 11 is 6.11. The van der Waals surface area contributed by atoms with E-state index < -0.39 is 0 Å². The Hall–Kier alpha value is -2.97. The highest BCUT2D eigenvalue weighted by atomic mass is 35.5. The average Bonchev–Trinajstić information content (AvgIpc) is 2.99. The number of aromatic nitrogens is 2. The summed E-state index contributed by atoms with van der Waals surface area (Å²) in [5.41, 5.74) is 0.751. The van der Waals surface area contributed by atoms with Crippen molar-refractivity contribution < 1.29 is 19.4 Å². The number of nitrogens with one attached hydrogen (secondary N) is 1. The van der Waals surface area contributed by atoms with Gasteiger partial charge < -0.3 is 24.8 Å². The standard InChI is InChI=1S/C30H39ClN6O4/c31-27-19-26(7-4-21(27)20-32)41-24-8-5-22(6-9-24)33-30(39)28-10-11-29(35-34-28)37-14-12-36(13-15-37)16-17-40-25-3-1-2-23(38)18-25/h4,7,10-11,19,22-25,38H,1-3,5-6,8-9,12-18H2,(H,33,39)/t22?,23?,24?,25-/m1/s1. The van der Waals surface area contributed by atoms with Crippen LogP contribution in [0.1, 0.15) is 67.4 Å².